The van der Waals surface area contributed by atoms with Gasteiger partial charge in [0.2, 0.25) is 0 Å². The van der Waals surface area contributed by atoms with Gasteiger partial charge in [0.05, 0.1) is 11.6 Å². The summed E-state index contributed by atoms with van der Waals surface area (Å²) in [5, 5.41) is 16.5. The topological polar surface area (TPSA) is 101 Å². The van der Waals surface area contributed by atoms with Gasteiger partial charge in [-0.1, -0.05) is 5.16 Å². The van der Waals surface area contributed by atoms with Crippen molar-refractivity contribution in [2.75, 3.05) is 5.32 Å². The van der Waals surface area contributed by atoms with E-state index in [-0.39, 0.29) is 6.04 Å². The largest absolute Gasteiger partial charge is 0.481 e. The fourth-order valence-electron chi connectivity index (χ4n) is 1.59. The van der Waals surface area contributed by atoms with Crippen LogP contribution in [0.4, 0.5) is 5.82 Å². The van der Waals surface area contributed by atoms with E-state index in [0.717, 1.165) is 0 Å². The summed E-state index contributed by atoms with van der Waals surface area (Å²) in [4.78, 5) is 19.0. The Labute approximate surface area is 103 Å². The van der Waals surface area contributed by atoms with Gasteiger partial charge in [0.1, 0.15) is 17.5 Å². The number of aromatic nitrogens is 3. The van der Waals surface area contributed by atoms with Crippen LogP contribution in [-0.4, -0.2) is 32.2 Å². The summed E-state index contributed by atoms with van der Waals surface area (Å²) in [5.74, 6) is -0.850. The zero-order valence-electron chi connectivity index (χ0n) is 10.3. The third-order valence-electron chi connectivity index (χ3n) is 2.95. The summed E-state index contributed by atoms with van der Waals surface area (Å²) >= 11 is 0. The van der Waals surface area contributed by atoms with Crippen LogP contribution in [0.2, 0.25) is 0 Å². The highest BCUT2D eigenvalue weighted by atomic mass is 16.5. The van der Waals surface area contributed by atoms with Crippen LogP contribution in [0.3, 0.4) is 0 Å². The molecule has 0 radical (unpaired) electrons. The fraction of sp³-hybridized carbons (Fsp3) is 0.455. The zero-order chi connectivity index (χ0) is 13.3. The maximum Gasteiger partial charge on any atom is 0.308 e. The lowest BCUT2D eigenvalue weighted by Gasteiger charge is -2.18. The molecule has 0 aromatic carbocycles. The second kappa shape index (κ2) is 4.59. The van der Waals surface area contributed by atoms with E-state index in [9.17, 15) is 4.79 Å². The molecule has 18 heavy (non-hydrogen) atoms. The predicted molar refractivity (Wildman–Crippen MR) is 64.2 cm³/mol. The molecule has 0 fully saturated rings. The van der Waals surface area contributed by atoms with Gasteiger partial charge in [-0.15, -0.1) is 0 Å². The summed E-state index contributed by atoms with van der Waals surface area (Å²) in [6.07, 6.45) is 1.35. The molecule has 7 heteroatoms. The standard InChI is InChI=1S/C11H14N4O3/c1-5(11(16)17)6(2)14-9-8-7(3)15-18-10(8)13-4-12-9/h4-6H,1-3H3,(H,16,17)(H,12,13,14). The number of hydrogen-bond donors (Lipinski definition) is 2. The second-order valence-corrected chi connectivity index (χ2v) is 4.23. The molecule has 2 heterocycles. The van der Waals surface area contributed by atoms with E-state index >= 15 is 0 Å². The van der Waals surface area contributed by atoms with Crippen LogP contribution in [-0.2, 0) is 4.79 Å². The van der Waals surface area contributed by atoms with Crippen LogP contribution in [0.25, 0.3) is 11.1 Å². The lowest BCUT2D eigenvalue weighted by Crippen LogP contribution is -2.30. The number of hydrogen-bond acceptors (Lipinski definition) is 6. The molecule has 96 valence electrons. The number of carboxylic acid groups (broad SMARTS) is 1. The van der Waals surface area contributed by atoms with Crippen molar-refractivity contribution >= 4 is 22.9 Å². The molecule has 2 aromatic rings. The summed E-state index contributed by atoms with van der Waals surface area (Å²) < 4.78 is 5.02. The zero-order valence-corrected chi connectivity index (χ0v) is 10.3. The molecule has 0 saturated carbocycles. The van der Waals surface area contributed by atoms with Crippen molar-refractivity contribution in [3.63, 3.8) is 0 Å². The maximum atomic E-state index is 10.9. The molecule has 0 spiro atoms. The first-order valence-corrected chi connectivity index (χ1v) is 5.57. The molecule has 0 aliphatic carbocycles. The molecule has 7 nitrogen and oxygen atoms in total. The van der Waals surface area contributed by atoms with Gasteiger partial charge < -0.3 is 14.9 Å². The summed E-state index contributed by atoms with van der Waals surface area (Å²) in [5.41, 5.74) is 1.06. The average molecular weight is 250 g/mol. The lowest BCUT2D eigenvalue weighted by atomic mass is 10.0. The minimum atomic E-state index is -0.859. The van der Waals surface area contributed by atoms with Gasteiger partial charge in [0.15, 0.2) is 0 Å². The molecule has 0 aliphatic rings. The number of aliphatic carboxylic acids is 1. The van der Waals surface area contributed by atoms with Crippen LogP contribution in [0.5, 0.6) is 0 Å². The molecule has 2 atom stereocenters. The Hall–Kier alpha value is -2.18. The van der Waals surface area contributed by atoms with E-state index < -0.39 is 11.9 Å². The second-order valence-electron chi connectivity index (χ2n) is 4.23. The predicted octanol–water partition coefficient (Wildman–Crippen LogP) is 1.45. The summed E-state index contributed by atoms with van der Waals surface area (Å²) in [7, 11) is 0. The van der Waals surface area contributed by atoms with E-state index in [4.69, 9.17) is 9.63 Å². The van der Waals surface area contributed by atoms with Gasteiger partial charge in [0, 0.05) is 6.04 Å². The molecule has 2 N–H and O–H groups in total. The number of carboxylic acids is 1. The molecule has 0 bridgehead atoms. The Morgan fingerprint density at radius 3 is 2.83 bits per heavy atom. The van der Waals surface area contributed by atoms with Crippen molar-refractivity contribution in [1.82, 2.24) is 15.1 Å². The number of aryl methyl sites for hydroxylation is 1. The van der Waals surface area contributed by atoms with Gasteiger partial charge in [-0.2, -0.15) is 4.98 Å². The average Bonchev–Trinajstić information content (AvgIpc) is 2.71. The van der Waals surface area contributed by atoms with E-state index in [1.54, 1.807) is 20.8 Å². The number of anilines is 1. The third kappa shape index (κ3) is 2.11. The molecule has 2 unspecified atom stereocenters. The van der Waals surface area contributed by atoms with Crippen LogP contribution < -0.4 is 5.32 Å². The quantitative estimate of drug-likeness (QED) is 0.846. The van der Waals surface area contributed by atoms with E-state index in [1.807, 2.05) is 0 Å². The highest BCUT2D eigenvalue weighted by Gasteiger charge is 2.21. The molecule has 0 amide bonds. The Morgan fingerprint density at radius 1 is 1.44 bits per heavy atom. The van der Waals surface area contributed by atoms with Gasteiger partial charge >= 0.3 is 5.97 Å². The first-order valence-electron chi connectivity index (χ1n) is 5.57. The molecular weight excluding hydrogens is 236 g/mol. The van der Waals surface area contributed by atoms with Crippen LogP contribution in [0.15, 0.2) is 10.9 Å². The normalized spacial score (nSPS) is 14.4. The van der Waals surface area contributed by atoms with Crippen LogP contribution in [0.1, 0.15) is 19.5 Å². The summed E-state index contributed by atoms with van der Waals surface area (Å²) in [6, 6.07) is -0.269. The van der Waals surface area contributed by atoms with E-state index in [0.29, 0.717) is 22.6 Å². The van der Waals surface area contributed by atoms with Gasteiger partial charge in [-0.25, -0.2) is 4.98 Å². The Bertz CT molecular complexity index is 581. The maximum absolute atomic E-state index is 10.9. The minimum absolute atomic E-state index is 0.269. The molecular formula is C11H14N4O3. The van der Waals surface area contributed by atoms with E-state index in [1.165, 1.54) is 6.33 Å². The molecule has 2 aromatic heterocycles. The number of carbonyl (C=O) groups is 1. The van der Waals surface area contributed by atoms with Crippen LogP contribution in [0, 0.1) is 12.8 Å². The lowest BCUT2D eigenvalue weighted by molar-refractivity contribution is -0.141. The van der Waals surface area contributed by atoms with Crippen LogP contribution >= 0.6 is 0 Å². The van der Waals surface area contributed by atoms with Gasteiger partial charge in [0.25, 0.3) is 5.71 Å². The van der Waals surface area contributed by atoms with Crippen molar-refractivity contribution in [2.24, 2.45) is 5.92 Å². The number of fused-ring (bicyclic) bond motifs is 1. The monoisotopic (exact) mass is 250 g/mol. The first-order chi connectivity index (χ1) is 8.50. The SMILES string of the molecule is Cc1noc2ncnc(NC(C)C(C)C(=O)O)c12. The molecule has 0 saturated heterocycles. The third-order valence-corrected chi connectivity index (χ3v) is 2.95. The van der Waals surface area contributed by atoms with Crippen molar-refractivity contribution in [2.45, 2.75) is 26.8 Å². The van der Waals surface area contributed by atoms with Gasteiger partial charge in [-0.3, -0.25) is 4.79 Å². The Morgan fingerprint density at radius 2 is 2.17 bits per heavy atom. The number of rotatable bonds is 4. The number of nitrogens with one attached hydrogen (secondary N) is 1. The number of nitrogens with zero attached hydrogens (tertiary/aromatic N) is 3. The fourth-order valence-corrected chi connectivity index (χ4v) is 1.59. The highest BCUT2D eigenvalue weighted by Crippen LogP contribution is 2.23. The smallest absolute Gasteiger partial charge is 0.308 e. The van der Waals surface area contributed by atoms with E-state index in [2.05, 4.69) is 20.4 Å². The van der Waals surface area contributed by atoms with Crippen molar-refractivity contribution in [1.29, 1.82) is 0 Å². The first kappa shape index (κ1) is 12.3. The Balaban J connectivity index is 2.32. The van der Waals surface area contributed by atoms with Crippen molar-refractivity contribution in [3.8, 4) is 0 Å². The highest BCUT2D eigenvalue weighted by molar-refractivity contribution is 5.87. The molecule has 0 aliphatic heterocycles. The van der Waals surface area contributed by atoms with Gasteiger partial charge in [-0.05, 0) is 20.8 Å². The van der Waals surface area contributed by atoms with Crippen molar-refractivity contribution in [3.05, 3.63) is 12.0 Å². The minimum Gasteiger partial charge on any atom is -0.481 e. The Kier molecular flexibility index (Phi) is 3.14. The molecule has 2 rings (SSSR count). The van der Waals surface area contributed by atoms with Crippen molar-refractivity contribution < 1.29 is 14.4 Å². The summed E-state index contributed by atoms with van der Waals surface area (Å²) in [6.45, 7) is 5.21.